The summed E-state index contributed by atoms with van der Waals surface area (Å²) in [5.41, 5.74) is 0.0199. The molecule has 0 aliphatic heterocycles. The van der Waals surface area contributed by atoms with Gasteiger partial charge in [0.05, 0.1) is 5.52 Å². The number of hydrogen-bond acceptors (Lipinski definition) is 5. The summed E-state index contributed by atoms with van der Waals surface area (Å²) >= 11 is 0. The zero-order chi connectivity index (χ0) is 18.6. The van der Waals surface area contributed by atoms with Gasteiger partial charge in [0.1, 0.15) is 11.4 Å². The van der Waals surface area contributed by atoms with Crippen LogP contribution < -0.4 is 15.9 Å². The van der Waals surface area contributed by atoms with Gasteiger partial charge >= 0.3 is 11.8 Å². The quantitative estimate of drug-likeness (QED) is 0.841. The van der Waals surface area contributed by atoms with Crippen LogP contribution in [0.25, 0.3) is 10.9 Å². The molecule has 1 N–H and O–H groups in total. The van der Waals surface area contributed by atoms with E-state index in [9.17, 15) is 9.59 Å². The molecule has 0 radical (unpaired) electrons. The highest BCUT2D eigenvalue weighted by molar-refractivity contribution is 5.89. The van der Waals surface area contributed by atoms with Crippen LogP contribution in [0.3, 0.4) is 0 Å². The number of aromatic nitrogens is 2. The molecule has 0 saturated heterocycles. The second-order valence-corrected chi connectivity index (χ2v) is 7.06. The van der Waals surface area contributed by atoms with E-state index in [2.05, 4.69) is 10.3 Å². The largest absolute Gasteiger partial charge is 0.444 e. The van der Waals surface area contributed by atoms with Gasteiger partial charge in [-0.1, -0.05) is 12.1 Å². The maximum atomic E-state index is 12.4. The first kappa shape index (κ1) is 18.8. The molecular formula is C18H26N4O3. The van der Waals surface area contributed by atoms with Gasteiger partial charge in [0.25, 0.3) is 0 Å². The number of fused-ring (bicyclic) bond motifs is 1. The Labute approximate surface area is 147 Å². The van der Waals surface area contributed by atoms with Crippen LogP contribution in [-0.4, -0.2) is 41.9 Å². The molecule has 0 bridgehead atoms. The zero-order valence-corrected chi connectivity index (χ0v) is 15.5. The van der Waals surface area contributed by atoms with Gasteiger partial charge in [0.2, 0.25) is 0 Å². The van der Waals surface area contributed by atoms with Gasteiger partial charge in [-0.15, -0.1) is 0 Å². The molecule has 0 aliphatic rings. The average Bonchev–Trinajstić information content (AvgIpc) is 2.50. The maximum absolute atomic E-state index is 12.4. The molecule has 1 amide bonds. The Bertz CT molecular complexity index is 806. The number of nitrogens with zero attached hydrogens (tertiary/aromatic N) is 3. The minimum Gasteiger partial charge on any atom is -0.444 e. The number of aryl methyl sites for hydroxylation is 1. The molecule has 1 heterocycles. The minimum absolute atomic E-state index is 0.292. The summed E-state index contributed by atoms with van der Waals surface area (Å²) in [5.74, 6) is 0.656. The van der Waals surface area contributed by atoms with Gasteiger partial charge < -0.3 is 15.0 Å². The second-order valence-electron chi connectivity index (χ2n) is 7.06. The van der Waals surface area contributed by atoms with Crippen LogP contribution in [0, 0.1) is 0 Å². The molecule has 0 atom stereocenters. The number of para-hydroxylation sites is 1. The van der Waals surface area contributed by atoms with E-state index in [4.69, 9.17) is 4.74 Å². The molecule has 0 fully saturated rings. The first-order valence-electron chi connectivity index (χ1n) is 8.33. The topological polar surface area (TPSA) is 76.5 Å². The van der Waals surface area contributed by atoms with Crippen molar-refractivity contribution in [3.63, 3.8) is 0 Å². The van der Waals surface area contributed by atoms with E-state index in [-0.39, 0.29) is 5.69 Å². The van der Waals surface area contributed by atoms with Crippen molar-refractivity contribution in [2.24, 2.45) is 0 Å². The smallest absolute Gasteiger partial charge is 0.407 e. The van der Waals surface area contributed by atoms with E-state index in [0.29, 0.717) is 25.3 Å². The summed E-state index contributed by atoms with van der Waals surface area (Å²) in [4.78, 5) is 30.1. The van der Waals surface area contributed by atoms with Crippen molar-refractivity contribution in [2.75, 3.05) is 25.5 Å². The summed E-state index contributed by atoms with van der Waals surface area (Å²) in [6.07, 6.45) is 0.150. The summed E-state index contributed by atoms with van der Waals surface area (Å²) in [6, 6.07) is 7.69. The van der Waals surface area contributed by atoms with Gasteiger partial charge in [-0.25, -0.2) is 9.59 Å². The van der Waals surface area contributed by atoms with Crippen molar-refractivity contribution in [2.45, 2.75) is 39.3 Å². The highest BCUT2D eigenvalue weighted by Crippen LogP contribution is 2.21. The first-order valence-corrected chi connectivity index (χ1v) is 8.33. The minimum atomic E-state index is -0.525. The van der Waals surface area contributed by atoms with Crippen LogP contribution in [0.4, 0.5) is 10.6 Å². The third kappa shape index (κ3) is 4.95. The van der Waals surface area contributed by atoms with Crippen LogP contribution in [0.15, 0.2) is 29.1 Å². The molecule has 1 aromatic heterocycles. The lowest BCUT2D eigenvalue weighted by atomic mass is 10.2. The van der Waals surface area contributed by atoms with Crippen LogP contribution in [0.1, 0.15) is 27.2 Å². The van der Waals surface area contributed by atoms with Crippen molar-refractivity contribution in [1.82, 2.24) is 14.9 Å². The molecule has 7 heteroatoms. The molecule has 0 aliphatic carbocycles. The Morgan fingerprint density at radius 3 is 2.60 bits per heavy atom. The average molecular weight is 346 g/mol. The lowest BCUT2D eigenvalue weighted by Crippen LogP contribution is -2.34. The monoisotopic (exact) mass is 346 g/mol. The molecule has 25 heavy (non-hydrogen) atoms. The summed E-state index contributed by atoms with van der Waals surface area (Å²) in [6.45, 7) is 6.34. The third-order valence-corrected chi connectivity index (χ3v) is 3.52. The van der Waals surface area contributed by atoms with Crippen LogP contribution in [-0.2, 0) is 11.3 Å². The van der Waals surface area contributed by atoms with Crippen molar-refractivity contribution < 1.29 is 9.53 Å². The number of ether oxygens (including phenoxy) is 1. The van der Waals surface area contributed by atoms with Crippen molar-refractivity contribution >= 4 is 22.8 Å². The molecule has 136 valence electrons. The molecule has 0 unspecified atom stereocenters. The van der Waals surface area contributed by atoms with E-state index in [1.54, 1.807) is 4.57 Å². The predicted octanol–water partition coefficient (Wildman–Crippen LogP) is 2.38. The molecule has 1 aromatic carbocycles. The lowest BCUT2D eigenvalue weighted by molar-refractivity contribution is 0.0526. The SMILES string of the molecule is CN(C)c1nc(=O)n(CCCNC(=O)OC(C)(C)C)c2ccccc12. The number of anilines is 1. The predicted molar refractivity (Wildman–Crippen MR) is 99.2 cm³/mol. The number of carbonyl (C=O) groups is 1. The van der Waals surface area contributed by atoms with Gasteiger partial charge in [-0.3, -0.25) is 4.57 Å². The number of rotatable bonds is 5. The van der Waals surface area contributed by atoms with E-state index >= 15 is 0 Å². The fourth-order valence-corrected chi connectivity index (χ4v) is 2.51. The van der Waals surface area contributed by atoms with Crippen LogP contribution >= 0.6 is 0 Å². The highest BCUT2D eigenvalue weighted by Gasteiger charge is 2.16. The molecule has 2 aromatic rings. The normalized spacial score (nSPS) is 11.4. The molecule has 0 saturated carbocycles. The molecule has 7 nitrogen and oxygen atoms in total. The van der Waals surface area contributed by atoms with Crippen LogP contribution in [0.5, 0.6) is 0 Å². The van der Waals surface area contributed by atoms with Crippen molar-refractivity contribution in [3.8, 4) is 0 Å². The Morgan fingerprint density at radius 1 is 1.28 bits per heavy atom. The standard InChI is InChI=1S/C18H26N4O3/c1-18(2,3)25-17(24)19-11-8-12-22-14-10-7-6-9-13(14)15(21(4)5)20-16(22)23/h6-7,9-10H,8,11-12H2,1-5H3,(H,19,24). The van der Waals surface area contributed by atoms with E-state index in [1.807, 2.05) is 64.0 Å². The Hall–Kier alpha value is -2.57. The summed E-state index contributed by atoms with van der Waals surface area (Å²) < 4.78 is 6.83. The van der Waals surface area contributed by atoms with E-state index in [1.165, 1.54) is 0 Å². The Morgan fingerprint density at radius 2 is 1.96 bits per heavy atom. The number of nitrogens with one attached hydrogen (secondary N) is 1. The first-order chi connectivity index (χ1) is 11.7. The number of benzene rings is 1. The Balaban J connectivity index is 2.10. The van der Waals surface area contributed by atoms with E-state index in [0.717, 1.165) is 10.9 Å². The fourth-order valence-electron chi connectivity index (χ4n) is 2.51. The fraction of sp³-hybridized carbons (Fsp3) is 0.500. The number of alkyl carbamates (subject to hydrolysis) is 1. The maximum Gasteiger partial charge on any atom is 0.407 e. The molecule has 2 rings (SSSR count). The van der Waals surface area contributed by atoms with Crippen molar-refractivity contribution in [3.05, 3.63) is 34.7 Å². The number of hydrogen-bond donors (Lipinski definition) is 1. The van der Waals surface area contributed by atoms with Crippen LogP contribution in [0.2, 0.25) is 0 Å². The summed E-state index contributed by atoms with van der Waals surface area (Å²) in [7, 11) is 3.73. The van der Waals surface area contributed by atoms with Gasteiger partial charge in [-0.05, 0) is 39.3 Å². The molecule has 0 spiro atoms. The molecular weight excluding hydrogens is 320 g/mol. The van der Waals surface area contributed by atoms with Gasteiger partial charge in [0, 0.05) is 32.6 Å². The summed E-state index contributed by atoms with van der Waals surface area (Å²) in [5, 5.41) is 3.62. The highest BCUT2D eigenvalue weighted by atomic mass is 16.6. The van der Waals surface area contributed by atoms with E-state index < -0.39 is 11.7 Å². The van der Waals surface area contributed by atoms with Crippen molar-refractivity contribution in [1.29, 1.82) is 0 Å². The van der Waals surface area contributed by atoms with Gasteiger partial charge in [0.15, 0.2) is 0 Å². The number of carbonyl (C=O) groups excluding carboxylic acids is 1. The lowest BCUT2D eigenvalue weighted by Gasteiger charge is -2.20. The Kier molecular flexibility index (Phi) is 5.66. The zero-order valence-electron chi connectivity index (χ0n) is 15.5. The third-order valence-electron chi connectivity index (χ3n) is 3.52. The number of amides is 1. The van der Waals surface area contributed by atoms with Gasteiger partial charge in [-0.2, -0.15) is 4.98 Å². The second kappa shape index (κ2) is 7.55.